The fourth-order valence-corrected chi connectivity index (χ4v) is 1.32. The standard InChI is InChI=1S/C9H11F2N3O2/c10-9(11)5-3-14-6(2-12)4(8(5)13)1-7(15)16/h3,9H,1-2,12H2,(H2,13,14)(H,15,16). The summed E-state index contributed by atoms with van der Waals surface area (Å²) >= 11 is 0. The molecule has 0 amide bonds. The molecule has 0 bridgehead atoms. The Morgan fingerprint density at radius 3 is 2.62 bits per heavy atom. The molecule has 0 saturated heterocycles. The van der Waals surface area contributed by atoms with E-state index in [0.717, 1.165) is 6.20 Å². The van der Waals surface area contributed by atoms with Crippen molar-refractivity contribution in [2.45, 2.75) is 19.4 Å². The number of halogens is 2. The zero-order valence-corrected chi connectivity index (χ0v) is 8.28. The van der Waals surface area contributed by atoms with Crippen LogP contribution in [0.5, 0.6) is 0 Å². The van der Waals surface area contributed by atoms with Crippen LogP contribution < -0.4 is 11.5 Å². The summed E-state index contributed by atoms with van der Waals surface area (Å²) in [5.41, 5.74) is 10.4. The lowest BCUT2D eigenvalue weighted by atomic mass is 10.0. The van der Waals surface area contributed by atoms with Gasteiger partial charge in [0.05, 0.1) is 17.7 Å². The number of hydrogen-bond donors (Lipinski definition) is 3. The Balaban J connectivity index is 3.28. The maximum absolute atomic E-state index is 12.5. The third kappa shape index (κ3) is 2.43. The minimum atomic E-state index is -2.79. The van der Waals surface area contributed by atoms with Crippen LogP contribution in [0.4, 0.5) is 14.5 Å². The van der Waals surface area contributed by atoms with Crippen molar-refractivity contribution in [1.82, 2.24) is 4.98 Å². The summed E-state index contributed by atoms with van der Waals surface area (Å²) in [4.78, 5) is 14.2. The lowest BCUT2D eigenvalue weighted by Crippen LogP contribution is -2.13. The van der Waals surface area contributed by atoms with Crippen LogP contribution in [0, 0.1) is 0 Å². The zero-order chi connectivity index (χ0) is 12.3. The summed E-state index contributed by atoms with van der Waals surface area (Å²) < 4.78 is 25.0. The zero-order valence-electron chi connectivity index (χ0n) is 8.28. The van der Waals surface area contributed by atoms with Crippen LogP contribution in [0.1, 0.15) is 23.2 Å². The van der Waals surface area contributed by atoms with E-state index in [9.17, 15) is 13.6 Å². The first-order chi connectivity index (χ1) is 7.47. The number of carboxylic acids is 1. The quantitative estimate of drug-likeness (QED) is 0.707. The fraction of sp³-hybridized carbons (Fsp3) is 0.333. The highest BCUT2D eigenvalue weighted by atomic mass is 19.3. The van der Waals surface area contributed by atoms with Crippen molar-refractivity contribution in [3.05, 3.63) is 23.0 Å². The molecule has 1 aromatic heterocycles. The van der Waals surface area contributed by atoms with Crippen molar-refractivity contribution < 1.29 is 18.7 Å². The molecule has 0 aromatic carbocycles. The van der Waals surface area contributed by atoms with Gasteiger partial charge in [-0.1, -0.05) is 0 Å². The van der Waals surface area contributed by atoms with Crippen LogP contribution in [0.15, 0.2) is 6.20 Å². The minimum absolute atomic E-state index is 0.0453. The van der Waals surface area contributed by atoms with Crippen LogP contribution in [0.25, 0.3) is 0 Å². The average molecular weight is 231 g/mol. The van der Waals surface area contributed by atoms with Crippen molar-refractivity contribution in [3.8, 4) is 0 Å². The van der Waals surface area contributed by atoms with Crippen molar-refractivity contribution in [2.75, 3.05) is 5.73 Å². The Bertz CT molecular complexity index is 410. The van der Waals surface area contributed by atoms with Gasteiger partial charge in [0.2, 0.25) is 0 Å². The van der Waals surface area contributed by atoms with Crippen LogP contribution >= 0.6 is 0 Å². The normalized spacial score (nSPS) is 10.8. The molecule has 16 heavy (non-hydrogen) atoms. The lowest BCUT2D eigenvalue weighted by Gasteiger charge is -2.12. The highest BCUT2D eigenvalue weighted by molar-refractivity contribution is 5.74. The van der Waals surface area contributed by atoms with Gasteiger partial charge in [-0.15, -0.1) is 0 Å². The molecule has 1 heterocycles. The molecule has 0 aliphatic rings. The molecule has 0 aliphatic carbocycles. The number of aromatic nitrogens is 1. The predicted molar refractivity (Wildman–Crippen MR) is 52.8 cm³/mol. The average Bonchev–Trinajstić information content (AvgIpc) is 2.19. The number of hydrogen-bond acceptors (Lipinski definition) is 4. The van der Waals surface area contributed by atoms with E-state index in [-0.39, 0.29) is 23.5 Å². The SMILES string of the molecule is NCc1ncc(C(F)F)c(N)c1CC(=O)O. The Labute approximate surface area is 90.1 Å². The minimum Gasteiger partial charge on any atom is -0.481 e. The first kappa shape index (κ1) is 12.3. The lowest BCUT2D eigenvalue weighted by molar-refractivity contribution is -0.136. The third-order valence-electron chi connectivity index (χ3n) is 2.10. The van der Waals surface area contributed by atoms with E-state index in [1.807, 2.05) is 0 Å². The van der Waals surface area contributed by atoms with E-state index >= 15 is 0 Å². The van der Waals surface area contributed by atoms with Crippen LogP contribution in [0.3, 0.4) is 0 Å². The molecule has 0 spiro atoms. The first-order valence-electron chi connectivity index (χ1n) is 4.43. The third-order valence-corrected chi connectivity index (χ3v) is 2.10. The summed E-state index contributed by atoms with van der Waals surface area (Å²) in [6.07, 6.45) is -2.33. The summed E-state index contributed by atoms with van der Waals surface area (Å²) in [7, 11) is 0. The Hall–Kier alpha value is -1.76. The maximum atomic E-state index is 12.5. The molecule has 5 N–H and O–H groups in total. The van der Waals surface area contributed by atoms with E-state index < -0.39 is 24.4 Å². The number of nitrogens with two attached hydrogens (primary N) is 2. The number of pyridine rings is 1. The summed E-state index contributed by atoms with van der Waals surface area (Å²) in [6, 6.07) is 0. The molecule has 88 valence electrons. The number of carboxylic acid groups (broad SMARTS) is 1. The highest BCUT2D eigenvalue weighted by Gasteiger charge is 2.19. The number of carbonyl (C=O) groups is 1. The van der Waals surface area contributed by atoms with Gasteiger partial charge in [-0.2, -0.15) is 0 Å². The van der Waals surface area contributed by atoms with Crippen molar-refractivity contribution in [3.63, 3.8) is 0 Å². The van der Waals surface area contributed by atoms with Crippen molar-refractivity contribution in [2.24, 2.45) is 5.73 Å². The molecule has 0 radical (unpaired) electrons. The molecule has 0 aliphatic heterocycles. The van der Waals surface area contributed by atoms with Crippen LogP contribution in [-0.2, 0) is 17.8 Å². The number of nitrogens with zero attached hydrogens (tertiary/aromatic N) is 1. The fourth-order valence-electron chi connectivity index (χ4n) is 1.32. The summed E-state index contributed by atoms with van der Waals surface area (Å²) in [6.45, 7) is -0.0453. The largest absolute Gasteiger partial charge is 0.481 e. The van der Waals surface area contributed by atoms with Crippen LogP contribution in [-0.4, -0.2) is 16.1 Å². The predicted octanol–water partition coefficient (Wildman–Crippen LogP) is 0.687. The molecule has 0 unspecified atom stereocenters. The molecule has 1 rings (SSSR count). The van der Waals surface area contributed by atoms with E-state index in [1.54, 1.807) is 0 Å². The van der Waals surface area contributed by atoms with Gasteiger partial charge in [0, 0.05) is 24.0 Å². The van der Waals surface area contributed by atoms with Gasteiger partial charge in [0.1, 0.15) is 0 Å². The number of anilines is 1. The Morgan fingerprint density at radius 1 is 1.56 bits per heavy atom. The highest BCUT2D eigenvalue weighted by Crippen LogP contribution is 2.28. The molecule has 5 nitrogen and oxygen atoms in total. The van der Waals surface area contributed by atoms with Gasteiger partial charge in [-0.3, -0.25) is 9.78 Å². The molecule has 0 saturated carbocycles. The van der Waals surface area contributed by atoms with E-state index in [1.165, 1.54) is 0 Å². The Kier molecular flexibility index (Phi) is 3.73. The topological polar surface area (TPSA) is 102 Å². The van der Waals surface area contributed by atoms with E-state index in [2.05, 4.69) is 4.98 Å². The first-order valence-corrected chi connectivity index (χ1v) is 4.43. The second-order valence-corrected chi connectivity index (χ2v) is 3.13. The number of nitrogen functional groups attached to an aromatic ring is 1. The molecule has 1 aromatic rings. The molecule has 0 fully saturated rings. The summed E-state index contributed by atoms with van der Waals surface area (Å²) in [5, 5.41) is 8.63. The van der Waals surface area contributed by atoms with Gasteiger partial charge < -0.3 is 16.6 Å². The van der Waals surface area contributed by atoms with Gasteiger partial charge >= 0.3 is 5.97 Å². The van der Waals surface area contributed by atoms with Gasteiger partial charge in [0.15, 0.2) is 0 Å². The van der Waals surface area contributed by atoms with Crippen molar-refractivity contribution in [1.29, 1.82) is 0 Å². The number of aliphatic carboxylic acids is 1. The van der Waals surface area contributed by atoms with E-state index in [0.29, 0.717) is 0 Å². The summed E-state index contributed by atoms with van der Waals surface area (Å²) in [5.74, 6) is -1.17. The monoisotopic (exact) mass is 231 g/mol. The molecular weight excluding hydrogens is 220 g/mol. The van der Waals surface area contributed by atoms with Gasteiger partial charge in [0.25, 0.3) is 6.43 Å². The van der Waals surface area contributed by atoms with Gasteiger partial charge in [-0.05, 0) is 0 Å². The second-order valence-electron chi connectivity index (χ2n) is 3.13. The molecular formula is C9H11F2N3O2. The van der Waals surface area contributed by atoms with Gasteiger partial charge in [-0.25, -0.2) is 8.78 Å². The van der Waals surface area contributed by atoms with Crippen LogP contribution in [0.2, 0.25) is 0 Å². The molecule has 0 atom stereocenters. The smallest absolute Gasteiger partial charge is 0.307 e. The number of alkyl halides is 2. The number of rotatable bonds is 4. The second kappa shape index (κ2) is 4.84. The van der Waals surface area contributed by atoms with Crippen molar-refractivity contribution >= 4 is 11.7 Å². The molecule has 7 heteroatoms. The Morgan fingerprint density at radius 2 is 2.19 bits per heavy atom. The van der Waals surface area contributed by atoms with E-state index in [4.69, 9.17) is 16.6 Å². The maximum Gasteiger partial charge on any atom is 0.307 e.